The molecule has 0 aromatic carbocycles. The predicted octanol–water partition coefficient (Wildman–Crippen LogP) is 2.71. The van der Waals surface area contributed by atoms with E-state index >= 15 is 0 Å². The van der Waals surface area contributed by atoms with Crippen LogP contribution >= 0.6 is 0 Å². The third-order valence-corrected chi connectivity index (χ3v) is 1.44. The molecule has 0 radical (unpaired) electrons. The second kappa shape index (κ2) is 6.02. The SMILES string of the molecule is C=CNC/C=C(/C)CC(C)C. The van der Waals surface area contributed by atoms with E-state index in [1.165, 1.54) is 12.0 Å². The van der Waals surface area contributed by atoms with E-state index in [4.69, 9.17) is 0 Å². The summed E-state index contributed by atoms with van der Waals surface area (Å²) in [6.45, 7) is 11.1. The van der Waals surface area contributed by atoms with Gasteiger partial charge in [-0.25, -0.2) is 0 Å². The Morgan fingerprint density at radius 3 is 2.64 bits per heavy atom. The molecule has 0 spiro atoms. The fraction of sp³-hybridized carbons (Fsp3) is 0.600. The highest BCUT2D eigenvalue weighted by Gasteiger charge is 1.93. The second-order valence-corrected chi connectivity index (χ2v) is 3.26. The van der Waals surface area contributed by atoms with E-state index in [9.17, 15) is 0 Å². The number of hydrogen-bond donors (Lipinski definition) is 1. The van der Waals surface area contributed by atoms with Gasteiger partial charge in [-0.3, -0.25) is 0 Å². The summed E-state index contributed by atoms with van der Waals surface area (Å²) >= 11 is 0. The maximum Gasteiger partial charge on any atom is 0.0327 e. The smallest absolute Gasteiger partial charge is 0.0327 e. The molecule has 0 rings (SSSR count). The summed E-state index contributed by atoms with van der Waals surface area (Å²) in [5, 5.41) is 3.04. The van der Waals surface area contributed by atoms with Gasteiger partial charge in [-0.15, -0.1) is 0 Å². The van der Waals surface area contributed by atoms with Crippen molar-refractivity contribution in [2.45, 2.75) is 27.2 Å². The van der Waals surface area contributed by atoms with Crippen LogP contribution in [-0.2, 0) is 0 Å². The zero-order valence-corrected chi connectivity index (χ0v) is 7.85. The van der Waals surface area contributed by atoms with Gasteiger partial charge in [0, 0.05) is 6.54 Å². The molecule has 0 aliphatic rings. The monoisotopic (exact) mass is 153 g/mol. The molecule has 0 unspecified atom stereocenters. The lowest BCUT2D eigenvalue weighted by Gasteiger charge is -2.04. The van der Waals surface area contributed by atoms with E-state index in [1.54, 1.807) is 6.20 Å². The molecule has 0 aliphatic carbocycles. The van der Waals surface area contributed by atoms with Gasteiger partial charge in [-0.1, -0.05) is 32.1 Å². The molecule has 1 heteroatoms. The molecule has 0 aromatic heterocycles. The van der Waals surface area contributed by atoms with E-state index in [0.29, 0.717) is 0 Å². The highest BCUT2D eigenvalue weighted by Crippen LogP contribution is 2.08. The summed E-state index contributed by atoms with van der Waals surface area (Å²) in [5.74, 6) is 0.759. The van der Waals surface area contributed by atoms with Crippen molar-refractivity contribution in [2.75, 3.05) is 6.54 Å². The first-order valence-corrected chi connectivity index (χ1v) is 4.16. The van der Waals surface area contributed by atoms with Crippen molar-refractivity contribution in [1.29, 1.82) is 0 Å². The Balaban J connectivity index is 3.53. The predicted molar refractivity (Wildman–Crippen MR) is 51.4 cm³/mol. The third-order valence-electron chi connectivity index (χ3n) is 1.44. The van der Waals surface area contributed by atoms with Gasteiger partial charge in [-0.05, 0) is 25.5 Å². The Kier molecular flexibility index (Phi) is 5.63. The summed E-state index contributed by atoms with van der Waals surface area (Å²) in [5.41, 5.74) is 1.45. The lowest BCUT2D eigenvalue weighted by atomic mass is 10.0. The molecule has 1 nitrogen and oxygen atoms in total. The average Bonchev–Trinajstić information content (AvgIpc) is 1.86. The van der Waals surface area contributed by atoms with Gasteiger partial charge in [-0.2, -0.15) is 0 Å². The van der Waals surface area contributed by atoms with Crippen LogP contribution in [0.2, 0.25) is 0 Å². The van der Waals surface area contributed by atoms with Crippen LogP contribution in [0.3, 0.4) is 0 Å². The first kappa shape index (κ1) is 10.3. The number of nitrogens with one attached hydrogen (secondary N) is 1. The van der Waals surface area contributed by atoms with Crippen molar-refractivity contribution in [1.82, 2.24) is 5.32 Å². The molecule has 11 heavy (non-hydrogen) atoms. The quantitative estimate of drug-likeness (QED) is 0.473. The minimum absolute atomic E-state index is 0.759. The Bertz CT molecular complexity index is 134. The zero-order chi connectivity index (χ0) is 8.69. The van der Waals surface area contributed by atoms with E-state index in [-0.39, 0.29) is 0 Å². The van der Waals surface area contributed by atoms with Crippen molar-refractivity contribution in [2.24, 2.45) is 5.92 Å². The maximum atomic E-state index is 3.58. The fourth-order valence-corrected chi connectivity index (χ4v) is 1.04. The number of allylic oxidation sites excluding steroid dienone is 1. The Hall–Kier alpha value is -0.720. The largest absolute Gasteiger partial charge is 0.388 e. The van der Waals surface area contributed by atoms with Crippen LogP contribution in [0, 0.1) is 5.92 Å². The average molecular weight is 153 g/mol. The molecule has 0 fully saturated rings. The van der Waals surface area contributed by atoms with Crippen LogP contribution in [0.4, 0.5) is 0 Å². The minimum atomic E-state index is 0.759. The molecule has 0 saturated carbocycles. The first-order chi connectivity index (χ1) is 5.16. The summed E-state index contributed by atoms with van der Waals surface area (Å²) in [6, 6.07) is 0. The van der Waals surface area contributed by atoms with Crippen LogP contribution in [0.15, 0.2) is 24.4 Å². The lowest BCUT2D eigenvalue weighted by molar-refractivity contribution is 0.640. The molecule has 0 aliphatic heterocycles. The van der Waals surface area contributed by atoms with Gasteiger partial charge in [0.15, 0.2) is 0 Å². The summed E-state index contributed by atoms with van der Waals surface area (Å²) in [7, 11) is 0. The van der Waals surface area contributed by atoms with Crippen molar-refractivity contribution in [3.05, 3.63) is 24.4 Å². The van der Waals surface area contributed by atoms with Gasteiger partial charge >= 0.3 is 0 Å². The number of hydrogen-bond acceptors (Lipinski definition) is 1. The summed E-state index contributed by atoms with van der Waals surface area (Å²) in [6.07, 6.45) is 5.12. The molecular formula is C10H19N. The third kappa shape index (κ3) is 7.17. The topological polar surface area (TPSA) is 12.0 Å². The van der Waals surface area contributed by atoms with Crippen LogP contribution < -0.4 is 5.32 Å². The molecule has 64 valence electrons. The molecular weight excluding hydrogens is 134 g/mol. The highest BCUT2D eigenvalue weighted by atomic mass is 14.8. The summed E-state index contributed by atoms with van der Waals surface area (Å²) in [4.78, 5) is 0. The van der Waals surface area contributed by atoms with Gasteiger partial charge < -0.3 is 5.32 Å². The highest BCUT2D eigenvalue weighted by molar-refractivity contribution is 5.00. The molecule has 0 heterocycles. The maximum absolute atomic E-state index is 3.58. The molecule has 0 atom stereocenters. The van der Waals surface area contributed by atoms with Crippen molar-refractivity contribution in [3.63, 3.8) is 0 Å². The van der Waals surface area contributed by atoms with Crippen molar-refractivity contribution >= 4 is 0 Å². The van der Waals surface area contributed by atoms with E-state index in [0.717, 1.165) is 12.5 Å². The Labute approximate surface area is 70.2 Å². The molecule has 0 saturated heterocycles. The minimum Gasteiger partial charge on any atom is -0.388 e. The van der Waals surface area contributed by atoms with Gasteiger partial charge in [0.25, 0.3) is 0 Å². The van der Waals surface area contributed by atoms with E-state index < -0.39 is 0 Å². The summed E-state index contributed by atoms with van der Waals surface area (Å²) < 4.78 is 0. The standard InChI is InChI=1S/C10H19N/c1-5-11-7-6-10(4)8-9(2)3/h5-6,9,11H,1,7-8H2,2-4H3/b10-6-. The molecule has 1 N–H and O–H groups in total. The zero-order valence-electron chi connectivity index (χ0n) is 7.85. The fourth-order valence-electron chi connectivity index (χ4n) is 1.04. The van der Waals surface area contributed by atoms with E-state index in [1.807, 2.05) is 0 Å². The van der Waals surface area contributed by atoms with Crippen LogP contribution in [-0.4, -0.2) is 6.54 Å². The number of rotatable bonds is 5. The van der Waals surface area contributed by atoms with Gasteiger partial charge in [0.1, 0.15) is 0 Å². The Morgan fingerprint density at radius 2 is 2.18 bits per heavy atom. The first-order valence-electron chi connectivity index (χ1n) is 4.16. The molecule has 0 aromatic rings. The lowest BCUT2D eigenvalue weighted by Crippen LogP contribution is -2.03. The van der Waals surface area contributed by atoms with Crippen molar-refractivity contribution in [3.8, 4) is 0 Å². The van der Waals surface area contributed by atoms with Gasteiger partial charge in [0.05, 0.1) is 0 Å². The second-order valence-electron chi connectivity index (χ2n) is 3.26. The van der Waals surface area contributed by atoms with E-state index in [2.05, 4.69) is 38.7 Å². The van der Waals surface area contributed by atoms with Crippen LogP contribution in [0.25, 0.3) is 0 Å². The Morgan fingerprint density at radius 1 is 1.55 bits per heavy atom. The van der Waals surface area contributed by atoms with Crippen molar-refractivity contribution < 1.29 is 0 Å². The van der Waals surface area contributed by atoms with Crippen LogP contribution in [0.1, 0.15) is 27.2 Å². The normalized spacial score (nSPS) is 11.8. The molecule has 0 bridgehead atoms. The molecule has 0 amide bonds. The van der Waals surface area contributed by atoms with Crippen LogP contribution in [0.5, 0.6) is 0 Å². The van der Waals surface area contributed by atoms with Gasteiger partial charge in [0.2, 0.25) is 0 Å².